The van der Waals surface area contributed by atoms with E-state index in [0.717, 1.165) is 23.7 Å². The molecule has 5 aliphatic rings. The van der Waals surface area contributed by atoms with E-state index in [1.54, 1.807) is 0 Å². The Bertz CT molecular complexity index is 529. The van der Waals surface area contributed by atoms with Crippen molar-refractivity contribution < 1.29 is 21.6 Å². The second kappa shape index (κ2) is 7.41. The largest absolute Gasteiger partial charge is 2.00 e. The summed E-state index contributed by atoms with van der Waals surface area (Å²) in [6.45, 7) is 12.8. The molecule has 0 radical (unpaired) electrons. The van der Waals surface area contributed by atoms with Gasteiger partial charge in [0, 0.05) is 16.0 Å². The molecule has 0 aliphatic heterocycles. The molecule has 5 rings (SSSR count). The van der Waals surface area contributed by atoms with Gasteiger partial charge in [0.05, 0.1) is 0 Å². The van der Waals surface area contributed by atoms with Gasteiger partial charge >= 0.3 is 17.1 Å². The smallest absolute Gasteiger partial charge is 0.351 e. The van der Waals surface area contributed by atoms with E-state index in [9.17, 15) is 4.55 Å². The van der Waals surface area contributed by atoms with E-state index in [1.165, 1.54) is 19.3 Å². The zero-order valence-corrected chi connectivity index (χ0v) is 19.6. The fourth-order valence-electron chi connectivity index (χ4n) is 5.34. The Hall–Kier alpha value is 0.529. The maximum Gasteiger partial charge on any atom is 2.00 e. The topological polar surface area (TPSA) is 23.5 Å². The molecule has 0 amide bonds. The maximum atomic E-state index is 11.2. The molecule has 0 aromatic rings. The summed E-state index contributed by atoms with van der Waals surface area (Å²) in [5.41, 5.74) is 0.446. The summed E-state index contributed by atoms with van der Waals surface area (Å²) in [7, 11) is 2.78. The van der Waals surface area contributed by atoms with Crippen molar-refractivity contribution in [3.63, 3.8) is 0 Å². The first-order valence-corrected chi connectivity index (χ1v) is 12.0. The third kappa shape index (κ3) is 3.59. The molecule has 0 heterocycles. The van der Waals surface area contributed by atoms with Gasteiger partial charge in [-0.25, -0.2) is 0 Å². The standard InChI is InChI=1S/C15H30NOS.C7H9.Fe/c1-8-15-9-11(15)13(16(5)6)12(10-15)18(7,17)14(2,3)4;1-5-6-2-3-7(5)4-6;/h8,11-13,17H,9-10H2,1-7H3;2-3,5-7H,1,4H2;/q2*-1;+2/t11?,12-,13?,15+;5?,6-,7+;/m1../s1. The van der Waals surface area contributed by atoms with Crippen LogP contribution in [0.15, 0.2) is 12.2 Å². The molecule has 3 saturated carbocycles. The van der Waals surface area contributed by atoms with Crippen LogP contribution < -0.4 is 0 Å². The van der Waals surface area contributed by atoms with Crippen LogP contribution in [-0.2, 0) is 17.1 Å². The minimum absolute atomic E-state index is 0. The van der Waals surface area contributed by atoms with Crippen LogP contribution in [0.5, 0.6) is 0 Å². The second-order valence-electron chi connectivity index (χ2n) is 10.2. The van der Waals surface area contributed by atoms with Gasteiger partial charge in [-0.05, 0) is 44.5 Å². The van der Waals surface area contributed by atoms with Gasteiger partial charge in [-0.3, -0.25) is 0 Å². The van der Waals surface area contributed by atoms with E-state index in [4.69, 9.17) is 0 Å². The van der Waals surface area contributed by atoms with Gasteiger partial charge in [0.15, 0.2) is 0 Å². The Morgan fingerprint density at radius 3 is 2.04 bits per heavy atom. The quantitative estimate of drug-likeness (QED) is 0.382. The summed E-state index contributed by atoms with van der Waals surface area (Å²) in [6.07, 6.45) is 13.1. The first-order valence-electron chi connectivity index (χ1n) is 9.92. The van der Waals surface area contributed by atoms with Gasteiger partial charge in [-0.15, -0.1) is 15.7 Å². The Morgan fingerprint density at radius 2 is 1.73 bits per heavy atom. The molecule has 0 spiro atoms. The number of hydrogen-bond acceptors (Lipinski definition) is 2. The van der Waals surface area contributed by atoms with Gasteiger partial charge in [-0.2, -0.15) is 12.8 Å². The van der Waals surface area contributed by atoms with Crippen molar-refractivity contribution in [3.05, 3.63) is 25.5 Å². The van der Waals surface area contributed by atoms with Crippen molar-refractivity contribution in [2.24, 2.45) is 29.1 Å². The van der Waals surface area contributed by atoms with Gasteiger partial charge in [0.1, 0.15) is 0 Å². The summed E-state index contributed by atoms with van der Waals surface area (Å²) < 4.78 is 11.2. The van der Waals surface area contributed by atoms with Crippen molar-refractivity contribution in [2.75, 3.05) is 20.4 Å². The van der Waals surface area contributed by atoms with Crippen LogP contribution in [0.2, 0.25) is 0 Å². The fraction of sp³-hybridized carbons (Fsp3) is 0.818. The van der Waals surface area contributed by atoms with Crippen molar-refractivity contribution in [2.45, 2.75) is 63.0 Å². The third-order valence-corrected chi connectivity index (χ3v) is 11.9. The molecule has 4 heteroatoms. The zero-order valence-electron chi connectivity index (χ0n) is 17.7. The monoisotopic (exact) mass is 421 g/mol. The number of nitrogens with zero attached hydrogens (tertiary/aromatic N) is 1. The SMILES string of the molecule is C[CH-][C@@]12CC1C(N(C)C)[C@H](S(C)(O)C(C)(C)C)C2.[CH2-]C1[C@@H]2C=C[C@H]1C2.[Fe+2]. The minimum atomic E-state index is -1.58. The van der Waals surface area contributed by atoms with Crippen LogP contribution in [0.3, 0.4) is 0 Å². The summed E-state index contributed by atoms with van der Waals surface area (Å²) in [6, 6.07) is 0.561. The van der Waals surface area contributed by atoms with E-state index in [2.05, 4.69) is 78.4 Å². The molecule has 2 nitrogen and oxygen atoms in total. The molecular weight excluding hydrogens is 382 g/mol. The molecule has 152 valence electrons. The van der Waals surface area contributed by atoms with E-state index >= 15 is 0 Å². The summed E-state index contributed by atoms with van der Waals surface area (Å²) in [5.74, 6) is 3.26. The van der Waals surface area contributed by atoms with E-state index < -0.39 is 10.3 Å². The normalized spacial score (nSPS) is 45.6. The average molecular weight is 421 g/mol. The molecule has 2 bridgehead atoms. The molecule has 0 aromatic carbocycles. The fourth-order valence-corrected chi connectivity index (χ4v) is 7.86. The molecule has 8 atom stereocenters. The first-order chi connectivity index (χ1) is 11.4. The Morgan fingerprint density at radius 1 is 1.19 bits per heavy atom. The van der Waals surface area contributed by atoms with Gasteiger partial charge < -0.3 is 22.8 Å². The Labute approximate surface area is 174 Å². The maximum absolute atomic E-state index is 11.2. The first kappa shape index (κ1) is 22.8. The van der Waals surface area contributed by atoms with Crippen LogP contribution in [0.4, 0.5) is 0 Å². The van der Waals surface area contributed by atoms with Crippen molar-refractivity contribution >= 4 is 10.3 Å². The van der Waals surface area contributed by atoms with Gasteiger partial charge in [-0.1, -0.05) is 45.8 Å². The predicted molar refractivity (Wildman–Crippen MR) is 112 cm³/mol. The Balaban J connectivity index is 0.000000252. The second-order valence-corrected chi connectivity index (χ2v) is 13.9. The number of hydrogen-bond donors (Lipinski definition) is 1. The Kier molecular flexibility index (Phi) is 6.50. The third-order valence-electron chi connectivity index (χ3n) is 7.80. The number of rotatable bonds is 3. The molecule has 26 heavy (non-hydrogen) atoms. The van der Waals surface area contributed by atoms with Crippen molar-refractivity contribution in [1.29, 1.82) is 0 Å². The summed E-state index contributed by atoms with van der Waals surface area (Å²) in [5, 5.41) is 0.461. The summed E-state index contributed by atoms with van der Waals surface area (Å²) in [4.78, 5) is 2.36. The molecular formula is C22H39FeNOS. The summed E-state index contributed by atoms with van der Waals surface area (Å²) >= 11 is 0. The van der Waals surface area contributed by atoms with E-state index in [-0.39, 0.29) is 21.8 Å². The molecule has 1 N–H and O–H groups in total. The number of fused-ring (bicyclic) bond motifs is 1. The van der Waals surface area contributed by atoms with Crippen LogP contribution in [0, 0.1) is 42.4 Å². The molecule has 4 unspecified atom stereocenters. The van der Waals surface area contributed by atoms with Crippen LogP contribution in [-0.4, -0.2) is 45.8 Å². The molecule has 3 fully saturated rings. The van der Waals surface area contributed by atoms with Crippen molar-refractivity contribution in [1.82, 2.24) is 4.90 Å². The molecule has 0 aromatic heterocycles. The van der Waals surface area contributed by atoms with E-state index in [0.29, 0.717) is 16.7 Å². The number of allylic oxidation sites excluding steroid dienone is 2. The van der Waals surface area contributed by atoms with Crippen molar-refractivity contribution in [3.8, 4) is 0 Å². The molecule has 0 saturated heterocycles. The van der Waals surface area contributed by atoms with Crippen LogP contribution in [0.25, 0.3) is 0 Å². The average Bonchev–Trinajstić information content (AvgIpc) is 2.92. The van der Waals surface area contributed by atoms with Gasteiger partial charge in [0.2, 0.25) is 0 Å². The minimum Gasteiger partial charge on any atom is -0.351 e. The predicted octanol–water partition coefficient (Wildman–Crippen LogP) is 5.27. The van der Waals surface area contributed by atoms with Crippen LogP contribution >= 0.6 is 10.3 Å². The van der Waals surface area contributed by atoms with E-state index in [1.807, 2.05) is 0 Å². The molecule has 5 aliphatic carbocycles. The van der Waals surface area contributed by atoms with Gasteiger partial charge in [0.25, 0.3) is 0 Å². The van der Waals surface area contributed by atoms with Crippen LogP contribution in [0.1, 0.15) is 47.0 Å². The zero-order chi connectivity index (χ0) is 18.8.